The van der Waals surface area contributed by atoms with Crippen molar-refractivity contribution in [2.75, 3.05) is 6.54 Å². The number of rotatable bonds is 9. The SMILES string of the molecule is Cc1cccc(C)c1-c1cncc(C(CC(=O)O)NC(=O)C(CC(C)C)N2CCc3ccccc3C2=O)c1. The second-order valence-corrected chi connectivity index (χ2v) is 10.5. The van der Waals surface area contributed by atoms with Crippen LogP contribution in [0.1, 0.15) is 65.3 Å². The van der Waals surface area contributed by atoms with Crippen LogP contribution in [-0.2, 0) is 16.0 Å². The van der Waals surface area contributed by atoms with E-state index in [1.807, 2.05) is 70.2 Å². The molecular formula is C31H35N3O4. The van der Waals surface area contributed by atoms with E-state index in [1.54, 1.807) is 23.4 Å². The highest BCUT2D eigenvalue weighted by atomic mass is 16.4. The van der Waals surface area contributed by atoms with Crippen LogP contribution in [-0.4, -0.2) is 45.4 Å². The van der Waals surface area contributed by atoms with E-state index in [4.69, 9.17) is 0 Å². The lowest BCUT2D eigenvalue weighted by Crippen LogP contribution is -2.53. The van der Waals surface area contributed by atoms with Crippen molar-refractivity contribution in [2.24, 2.45) is 5.92 Å². The van der Waals surface area contributed by atoms with Crippen LogP contribution in [0.3, 0.4) is 0 Å². The summed E-state index contributed by atoms with van der Waals surface area (Å²) in [6, 6.07) is 13.9. The van der Waals surface area contributed by atoms with E-state index < -0.39 is 18.1 Å². The quantitative estimate of drug-likeness (QED) is 0.414. The van der Waals surface area contributed by atoms with Gasteiger partial charge in [0.25, 0.3) is 5.91 Å². The first kappa shape index (κ1) is 27.0. The molecule has 3 aromatic rings. The Morgan fingerprint density at radius 2 is 1.76 bits per heavy atom. The maximum atomic E-state index is 13.7. The molecule has 0 aliphatic carbocycles. The van der Waals surface area contributed by atoms with Crippen LogP contribution in [0.15, 0.2) is 60.9 Å². The van der Waals surface area contributed by atoms with Crippen LogP contribution in [0.25, 0.3) is 11.1 Å². The minimum absolute atomic E-state index is 0.155. The van der Waals surface area contributed by atoms with E-state index in [2.05, 4.69) is 10.3 Å². The summed E-state index contributed by atoms with van der Waals surface area (Å²) in [4.78, 5) is 45.0. The second kappa shape index (κ2) is 11.6. The number of amides is 2. The first-order valence-corrected chi connectivity index (χ1v) is 13.1. The third-order valence-corrected chi connectivity index (χ3v) is 7.13. The molecule has 1 aliphatic heterocycles. The van der Waals surface area contributed by atoms with Gasteiger partial charge >= 0.3 is 5.97 Å². The topological polar surface area (TPSA) is 99.6 Å². The number of carbonyl (C=O) groups is 3. The summed E-state index contributed by atoms with van der Waals surface area (Å²) < 4.78 is 0. The van der Waals surface area contributed by atoms with E-state index in [1.165, 1.54) is 0 Å². The van der Waals surface area contributed by atoms with Crippen LogP contribution in [0.4, 0.5) is 0 Å². The Labute approximate surface area is 223 Å². The third kappa shape index (κ3) is 5.93. The Kier molecular flexibility index (Phi) is 8.25. The van der Waals surface area contributed by atoms with Gasteiger partial charge in [-0.3, -0.25) is 19.4 Å². The molecule has 2 amide bonds. The molecule has 0 saturated heterocycles. The molecule has 38 heavy (non-hydrogen) atoms. The molecule has 1 aromatic heterocycles. The number of hydrogen-bond acceptors (Lipinski definition) is 4. The molecule has 7 nitrogen and oxygen atoms in total. The fraction of sp³-hybridized carbons (Fsp3) is 0.355. The molecule has 4 rings (SSSR count). The van der Waals surface area contributed by atoms with Gasteiger partial charge in [0.2, 0.25) is 5.91 Å². The highest BCUT2D eigenvalue weighted by Gasteiger charge is 2.35. The summed E-state index contributed by atoms with van der Waals surface area (Å²) in [5.41, 5.74) is 6.29. The first-order chi connectivity index (χ1) is 18.2. The summed E-state index contributed by atoms with van der Waals surface area (Å²) in [5.74, 6) is -1.39. The van der Waals surface area contributed by atoms with E-state index in [9.17, 15) is 19.5 Å². The number of benzene rings is 2. The molecule has 2 heterocycles. The smallest absolute Gasteiger partial charge is 0.305 e. The molecule has 0 spiro atoms. The largest absolute Gasteiger partial charge is 0.481 e. The van der Waals surface area contributed by atoms with Crippen LogP contribution in [0, 0.1) is 19.8 Å². The van der Waals surface area contributed by atoms with Crippen LogP contribution < -0.4 is 5.32 Å². The van der Waals surface area contributed by atoms with Gasteiger partial charge in [-0.15, -0.1) is 0 Å². The minimum Gasteiger partial charge on any atom is -0.481 e. The fourth-order valence-corrected chi connectivity index (χ4v) is 5.31. The number of hydrogen-bond donors (Lipinski definition) is 2. The Hall–Kier alpha value is -4.00. The van der Waals surface area contributed by atoms with Crippen molar-refractivity contribution >= 4 is 17.8 Å². The minimum atomic E-state index is -1.03. The summed E-state index contributed by atoms with van der Waals surface area (Å²) >= 11 is 0. The zero-order valence-electron chi connectivity index (χ0n) is 22.4. The van der Waals surface area contributed by atoms with Crippen molar-refractivity contribution in [3.63, 3.8) is 0 Å². The number of carbonyl (C=O) groups excluding carboxylic acids is 2. The normalized spacial score (nSPS) is 14.7. The monoisotopic (exact) mass is 513 g/mol. The summed E-state index contributed by atoms with van der Waals surface area (Å²) in [7, 11) is 0. The highest BCUT2D eigenvalue weighted by molar-refractivity contribution is 5.99. The number of carboxylic acid groups (broad SMARTS) is 1. The van der Waals surface area contributed by atoms with Crippen molar-refractivity contribution in [3.8, 4) is 11.1 Å². The highest BCUT2D eigenvalue weighted by Crippen LogP contribution is 2.30. The van der Waals surface area contributed by atoms with Crippen LogP contribution >= 0.6 is 0 Å². The van der Waals surface area contributed by atoms with Crippen molar-refractivity contribution in [2.45, 2.75) is 59.0 Å². The van der Waals surface area contributed by atoms with E-state index in [0.717, 1.165) is 27.8 Å². The molecule has 198 valence electrons. The van der Waals surface area contributed by atoms with Crippen LogP contribution in [0.5, 0.6) is 0 Å². The Morgan fingerprint density at radius 3 is 2.45 bits per heavy atom. The average Bonchev–Trinajstić information content (AvgIpc) is 2.87. The lowest BCUT2D eigenvalue weighted by Gasteiger charge is -2.36. The summed E-state index contributed by atoms with van der Waals surface area (Å²) in [6.07, 6.45) is 4.20. The lowest BCUT2D eigenvalue weighted by molar-refractivity contribution is -0.138. The number of nitrogens with one attached hydrogen (secondary N) is 1. The van der Waals surface area contributed by atoms with E-state index in [0.29, 0.717) is 30.5 Å². The zero-order chi connectivity index (χ0) is 27.4. The number of carboxylic acids is 1. The number of aromatic nitrogens is 1. The van der Waals surface area contributed by atoms with Gasteiger partial charge in [-0.25, -0.2) is 0 Å². The molecule has 2 N–H and O–H groups in total. The lowest BCUT2D eigenvalue weighted by atomic mass is 9.93. The standard InChI is InChI=1S/C31H35N3O4/c1-19(2)14-27(34-13-12-22-10-5-6-11-25(22)31(34)38)30(37)33-26(16-28(35)36)23-15-24(18-32-17-23)29-20(3)8-7-9-21(29)4/h5-11,15,17-19,26-27H,12-14,16H2,1-4H3,(H,33,37)(H,35,36). The zero-order valence-corrected chi connectivity index (χ0v) is 22.4. The van der Waals surface area contributed by atoms with E-state index in [-0.39, 0.29) is 24.2 Å². The Balaban J connectivity index is 1.64. The summed E-state index contributed by atoms with van der Waals surface area (Å²) in [6.45, 7) is 8.50. The van der Waals surface area contributed by atoms with Gasteiger partial charge < -0.3 is 15.3 Å². The number of fused-ring (bicyclic) bond motifs is 1. The van der Waals surface area contributed by atoms with E-state index >= 15 is 0 Å². The molecular weight excluding hydrogens is 478 g/mol. The molecule has 0 bridgehead atoms. The molecule has 0 radical (unpaired) electrons. The van der Waals surface area contributed by atoms with Gasteiger partial charge in [0.05, 0.1) is 12.5 Å². The Morgan fingerprint density at radius 1 is 1.05 bits per heavy atom. The predicted octanol–water partition coefficient (Wildman–Crippen LogP) is 5.11. The van der Waals surface area contributed by atoms with Gasteiger partial charge in [0.15, 0.2) is 0 Å². The van der Waals surface area contributed by atoms with Crippen molar-refractivity contribution in [1.29, 1.82) is 0 Å². The second-order valence-electron chi connectivity index (χ2n) is 10.5. The van der Waals surface area contributed by atoms with Gasteiger partial charge in [0.1, 0.15) is 6.04 Å². The number of nitrogens with zero attached hydrogens (tertiary/aromatic N) is 2. The maximum absolute atomic E-state index is 13.7. The molecule has 2 atom stereocenters. The number of aryl methyl sites for hydroxylation is 2. The predicted molar refractivity (Wildman–Crippen MR) is 147 cm³/mol. The van der Waals surface area contributed by atoms with Crippen LogP contribution in [0.2, 0.25) is 0 Å². The third-order valence-electron chi connectivity index (χ3n) is 7.13. The molecule has 1 aliphatic rings. The van der Waals surface area contributed by atoms with Crippen molar-refractivity contribution in [1.82, 2.24) is 15.2 Å². The number of pyridine rings is 1. The average molecular weight is 514 g/mol. The maximum Gasteiger partial charge on any atom is 0.305 e. The molecule has 0 fully saturated rings. The van der Waals surface area contributed by atoms with Crippen molar-refractivity contribution < 1.29 is 19.5 Å². The summed E-state index contributed by atoms with van der Waals surface area (Å²) in [5, 5.41) is 12.6. The fourth-order valence-electron chi connectivity index (χ4n) is 5.31. The molecule has 2 aromatic carbocycles. The van der Waals surface area contributed by atoms with Gasteiger partial charge in [-0.1, -0.05) is 50.2 Å². The van der Waals surface area contributed by atoms with Gasteiger partial charge in [0, 0.05) is 30.1 Å². The molecule has 2 unspecified atom stereocenters. The molecule has 7 heteroatoms. The Bertz CT molecular complexity index is 1330. The van der Waals surface area contributed by atoms with Gasteiger partial charge in [-0.05, 0) is 72.6 Å². The van der Waals surface area contributed by atoms with Crippen molar-refractivity contribution in [3.05, 3.63) is 88.7 Å². The number of aliphatic carboxylic acids is 1. The molecule has 0 saturated carbocycles. The first-order valence-electron chi connectivity index (χ1n) is 13.1. The van der Waals surface area contributed by atoms with Gasteiger partial charge in [-0.2, -0.15) is 0 Å².